The molecule has 0 saturated heterocycles. The number of esters is 1. The number of nitrogens with zero attached hydrogens (tertiary/aromatic N) is 1. The summed E-state index contributed by atoms with van der Waals surface area (Å²) in [6, 6.07) is 14.0. The minimum Gasteiger partial charge on any atom is -0.488 e. The number of nitrogens with one attached hydrogen (secondary N) is 1. The number of rotatable bonds is 8. The number of carbonyl (C=O) groups is 1. The number of pyridine rings is 1. The smallest absolute Gasteiger partial charge is 0.419 e. The van der Waals surface area contributed by atoms with Crippen molar-refractivity contribution in [2.45, 2.75) is 25.8 Å². The lowest BCUT2D eigenvalue weighted by Crippen LogP contribution is -2.20. The third-order valence-corrected chi connectivity index (χ3v) is 6.40. The number of furan rings is 1. The monoisotopic (exact) mass is 534 g/mol. The molecule has 0 aliphatic carbocycles. The molecule has 0 bridgehead atoms. The molecule has 0 spiro atoms. The van der Waals surface area contributed by atoms with E-state index in [1.54, 1.807) is 30.7 Å². The number of halogens is 3. The maximum atomic E-state index is 13.6. The Kier molecular flexibility index (Phi) is 7.79. The topological polar surface area (TPSA) is 73.6 Å². The summed E-state index contributed by atoms with van der Waals surface area (Å²) in [5.74, 6) is -0.755. The van der Waals surface area contributed by atoms with Gasteiger partial charge in [0.15, 0.2) is 0 Å². The van der Waals surface area contributed by atoms with Gasteiger partial charge < -0.3 is 19.2 Å². The molecule has 2 aromatic carbocycles. The standard InChI is InChI=1S/C30H25F3N2O4/c31-30(32,33)27-5-1-2-6-28(27)38-18-23-15-26(22-9-13-37-17-22)24(14-25(23)20-7-11-34-12-8-20)19-39-29(36)21-4-3-10-35-16-21/h1-7,9-10,13-17,34H,8,11-12,18-19H2. The summed E-state index contributed by atoms with van der Waals surface area (Å²) in [5.41, 5.74) is 4.27. The van der Waals surface area contributed by atoms with Gasteiger partial charge in [0.05, 0.1) is 23.7 Å². The van der Waals surface area contributed by atoms with E-state index in [-0.39, 0.29) is 19.0 Å². The molecule has 0 saturated carbocycles. The number of para-hydroxylation sites is 1. The molecule has 4 aromatic rings. The average molecular weight is 535 g/mol. The zero-order valence-corrected chi connectivity index (χ0v) is 20.8. The van der Waals surface area contributed by atoms with E-state index in [9.17, 15) is 18.0 Å². The quantitative estimate of drug-likeness (QED) is 0.255. The van der Waals surface area contributed by atoms with E-state index < -0.39 is 17.7 Å². The highest BCUT2D eigenvalue weighted by molar-refractivity contribution is 5.89. The van der Waals surface area contributed by atoms with Crippen molar-refractivity contribution in [2.75, 3.05) is 13.1 Å². The Bertz CT molecular complexity index is 1470. The van der Waals surface area contributed by atoms with Crippen LogP contribution in [0.3, 0.4) is 0 Å². The summed E-state index contributed by atoms with van der Waals surface area (Å²) in [5, 5.41) is 3.27. The van der Waals surface area contributed by atoms with Gasteiger partial charge in [0, 0.05) is 24.5 Å². The van der Waals surface area contributed by atoms with Crippen molar-refractivity contribution in [3.63, 3.8) is 0 Å². The molecule has 1 aliphatic rings. The van der Waals surface area contributed by atoms with E-state index >= 15 is 0 Å². The van der Waals surface area contributed by atoms with Gasteiger partial charge in [-0.05, 0) is 83.3 Å². The normalized spacial score (nSPS) is 13.6. The fourth-order valence-corrected chi connectivity index (χ4v) is 4.47. The van der Waals surface area contributed by atoms with Gasteiger partial charge in [-0.1, -0.05) is 18.2 Å². The maximum Gasteiger partial charge on any atom is 0.419 e. The molecule has 1 N–H and O–H groups in total. The summed E-state index contributed by atoms with van der Waals surface area (Å²) in [6.45, 7) is 1.32. The average Bonchev–Trinajstić information content (AvgIpc) is 3.50. The second-order valence-corrected chi connectivity index (χ2v) is 8.96. The van der Waals surface area contributed by atoms with Crippen molar-refractivity contribution >= 4 is 11.5 Å². The fourth-order valence-electron chi connectivity index (χ4n) is 4.47. The van der Waals surface area contributed by atoms with Crippen LogP contribution >= 0.6 is 0 Å². The Morgan fingerprint density at radius 2 is 1.85 bits per heavy atom. The zero-order valence-electron chi connectivity index (χ0n) is 20.8. The van der Waals surface area contributed by atoms with Gasteiger partial charge in [-0.25, -0.2) is 4.79 Å². The minimum atomic E-state index is -4.54. The van der Waals surface area contributed by atoms with Crippen molar-refractivity contribution in [1.82, 2.24) is 10.3 Å². The van der Waals surface area contributed by atoms with E-state index in [4.69, 9.17) is 13.9 Å². The molecule has 0 atom stereocenters. The first-order valence-corrected chi connectivity index (χ1v) is 12.3. The summed E-state index contributed by atoms with van der Waals surface area (Å²) in [7, 11) is 0. The minimum absolute atomic E-state index is 0.0230. The highest BCUT2D eigenvalue weighted by Crippen LogP contribution is 2.38. The lowest BCUT2D eigenvalue weighted by molar-refractivity contribution is -0.139. The van der Waals surface area contributed by atoms with Gasteiger partial charge in [-0.2, -0.15) is 13.2 Å². The van der Waals surface area contributed by atoms with Gasteiger partial charge in [-0.15, -0.1) is 0 Å². The van der Waals surface area contributed by atoms with Crippen LogP contribution in [0.2, 0.25) is 0 Å². The highest BCUT2D eigenvalue weighted by atomic mass is 19.4. The molecule has 2 aromatic heterocycles. The number of benzene rings is 2. The molecule has 1 aliphatic heterocycles. The van der Waals surface area contributed by atoms with Crippen molar-refractivity contribution < 1.29 is 31.9 Å². The van der Waals surface area contributed by atoms with E-state index in [1.165, 1.54) is 30.7 Å². The second-order valence-electron chi connectivity index (χ2n) is 8.96. The van der Waals surface area contributed by atoms with Crippen LogP contribution in [0.5, 0.6) is 5.75 Å². The first-order chi connectivity index (χ1) is 18.9. The lowest BCUT2D eigenvalue weighted by atomic mass is 9.89. The molecule has 9 heteroatoms. The molecule has 5 rings (SSSR count). The molecule has 0 unspecified atom stereocenters. The molecule has 0 radical (unpaired) electrons. The SMILES string of the molecule is O=C(OCc1cc(C2=CCNCC2)c(COc2ccccc2C(F)(F)F)cc1-c1ccoc1)c1cccnc1. The number of aromatic nitrogens is 1. The molecule has 39 heavy (non-hydrogen) atoms. The van der Waals surface area contributed by atoms with Gasteiger partial charge in [-0.3, -0.25) is 4.98 Å². The summed E-state index contributed by atoms with van der Waals surface area (Å²) in [4.78, 5) is 16.6. The van der Waals surface area contributed by atoms with Crippen LogP contribution in [0, 0.1) is 0 Å². The lowest BCUT2D eigenvalue weighted by Gasteiger charge is -2.21. The second kappa shape index (κ2) is 11.6. The summed E-state index contributed by atoms with van der Waals surface area (Å²) >= 11 is 0. The third kappa shape index (κ3) is 6.21. The predicted octanol–water partition coefficient (Wildman–Crippen LogP) is 6.67. The number of hydrogen-bond donors (Lipinski definition) is 1. The van der Waals surface area contributed by atoms with Crippen LogP contribution in [0.4, 0.5) is 13.2 Å². The summed E-state index contributed by atoms with van der Waals surface area (Å²) < 4.78 is 57.4. The molecule has 0 fully saturated rings. The molecule has 0 amide bonds. The van der Waals surface area contributed by atoms with Crippen LogP contribution < -0.4 is 10.1 Å². The van der Waals surface area contributed by atoms with Crippen LogP contribution in [0.1, 0.15) is 39.0 Å². The molecular formula is C30H25F3N2O4. The van der Waals surface area contributed by atoms with Crippen LogP contribution in [0.25, 0.3) is 16.7 Å². The van der Waals surface area contributed by atoms with E-state index in [0.717, 1.165) is 46.9 Å². The Labute approximate surface area is 223 Å². The van der Waals surface area contributed by atoms with E-state index in [1.807, 2.05) is 12.1 Å². The van der Waals surface area contributed by atoms with E-state index in [0.29, 0.717) is 17.7 Å². The van der Waals surface area contributed by atoms with Gasteiger partial charge in [0.25, 0.3) is 0 Å². The van der Waals surface area contributed by atoms with Gasteiger partial charge >= 0.3 is 12.1 Å². The molecule has 6 nitrogen and oxygen atoms in total. The number of carbonyl (C=O) groups excluding carboxylic acids is 1. The van der Waals surface area contributed by atoms with Crippen molar-refractivity contribution in [3.8, 4) is 16.9 Å². The van der Waals surface area contributed by atoms with E-state index in [2.05, 4.69) is 16.4 Å². The molecule has 3 heterocycles. The van der Waals surface area contributed by atoms with Crippen molar-refractivity contribution in [3.05, 3.63) is 113 Å². The van der Waals surface area contributed by atoms with Crippen LogP contribution in [-0.4, -0.2) is 24.0 Å². The van der Waals surface area contributed by atoms with Crippen LogP contribution in [0.15, 0.2) is 90.0 Å². The largest absolute Gasteiger partial charge is 0.488 e. The first-order valence-electron chi connectivity index (χ1n) is 12.3. The van der Waals surface area contributed by atoms with Crippen molar-refractivity contribution in [1.29, 1.82) is 0 Å². The first kappa shape index (κ1) is 26.2. The Balaban J connectivity index is 1.52. The van der Waals surface area contributed by atoms with Crippen LogP contribution in [-0.2, 0) is 24.1 Å². The Hall–Kier alpha value is -4.37. The number of ether oxygens (including phenoxy) is 2. The Morgan fingerprint density at radius 3 is 2.56 bits per heavy atom. The molecular weight excluding hydrogens is 509 g/mol. The maximum absolute atomic E-state index is 13.6. The number of alkyl halides is 3. The predicted molar refractivity (Wildman–Crippen MR) is 139 cm³/mol. The fraction of sp³-hybridized carbons (Fsp3) is 0.200. The van der Waals surface area contributed by atoms with Gasteiger partial charge in [0.2, 0.25) is 0 Å². The Morgan fingerprint density at radius 1 is 1.03 bits per heavy atom. The zero-order chi connectivity index (χ0) is 27.2. The van der Waals surface area contributed by atoms with Crippen molar-refractivity contribution in [2.24, 2.45) is 0 Å². The summed E-state index contributed by atoms with van der Waals surface area (Å²) in [6.07, 6.45) is 4.33. The highest BCUT2D eigenvalue weighted by Gasteiger charge is 2.34. The molecule has 200 valence electrons. The number of hydrogen-bond acceptors (Lipinski definition) is 6. The third-order valence-electron chi connectivity index (χ3n) is 6.40. The van der Waals surface area contributed by atoms with Gasteiger partial charge in [0.1, 0.15) is 19.0 Å².